The van der Waals surface area contributed by atoms with Gasteiger partial charge in [0.1, 0.15) is 5.57 Å². The van der Waals surface area contributed by atoms with E-state index in [4.69, 9.17) is 23.2 Å². The summed E-state index contributed by atoms with van der Waals surface area (Å²) in [6.45, 7) is 5.83. The molecule has 0 bridgehead atoms. The summed E-state index contributed by atoms with van der Waals surface area (Å²) in [5.41, 5.74) is 5.74. The van der Waals surface area contributed by atoms with Crippen LogP contribution in [0, 0.1) is 20.8 Å². The van der Waals surface area contributed by atoms with Gasteiger partial charge in [0.15, 0.2) is 0 Å². The molecule has 7 heteroatoms. The van der Waals surface area contributed by atoms with Crippen molar-refractivity contribution < 1.29 is 14.4 Å². The van der Waals surface area contributed by atoms with Gasteiger partial charge in [0.25, 0.3) is 11.8 Å². The second-order valence-electron chi connectivity index (χ2n) is 8.40. The van der Waals surface area contributed by atoms with Gasteiger partial charge in [-0.2, -0.15) is 0 Å². The molecule has 5 nitrogen and oxygen atoms in total. The van der Waals surface area contributed by atoms with Gasteiger partial charge in [0.2, 0.25) is 0 Å². The van der Waals surface area contributed by atoms with Gasteiger partial charge < -0.3 is 0 Å². The lowest BCUT2D eigenvalue weighted by Gasteiger charge is -2.27. The van der Waals surface area contributed by atoms with E-state index in [1.165, 1.54) is 12.1 Å². The van der Waals surface area contributed by atoms with Gasteiger partial charge >= 0.3 is 6.03 Å². The molecule has 172 valence electrons. The molecule has 0 atom stereocenters. The molecule has 0 aliphatic carbocycles. The number of imide groups is 2. The molecule has 0 spiro atoms. The zero-order chi connectivity index (χ0) is 24.6. The van der Waals surface area contributed by atoms with Crippen molar-refractivity contribution in [2.24, 2.45) is 0 Å². The largest absolute Gasteiger partial charge is 0.335 e. The summed E-state index contributed by atoms with van der Waals surface area (Å²) >= 11 is 12.4. The van der Waals surface area contributed by atoms with Gasteiger partial charge in [-0.25, -0.2) is 9.69 Å². The molecule has 1 fully saturated rings. The molecule has 1 heterocycles. The number of benzene rings is 3. The summed E-state index contributed by atoms with van der Waals surface area (Å²) < 4.78 is 0. The van der Waals surface area contributed by atoms with Crippen molar-refractivity contribution in [3.05, 3.63) is 104 Å². The number of nitrogens with one attached hydrogen (secondary N) is 1. The maximum Gasteiger partial charge on any atom is 0.335 e. The van der Waals surface area contributed by atoms with E-state index in [2.05, 4.69) is 23.5 Å². The Hall–Kier alpha value is -3.41. The highest BCUT2D eigenvalue weighted by Gasteiger charge is 2.37. The number of rotatable bonds is 4. The van der Waals surface area contributed by atoms with E-state index >= 15 is 0 Å². The first-order valence-corrected chi connectivity index (χ1v) is 11.4. The lowest BCUT2D eigenvalue weighted by atomic mass is 9.95. The van der Waals surface area contributed by atoms with Crippen LogP contribution in [0.2, 0.25) is 10.0 Å². The molecule has 1 N–H and O–H groups in total. The summed E-state index contributed by atoms with van der Waals surface area (Å²) in [6.07, 6.45) is 2.07. The van der Waals surface area contributed by atoms with E-state index in [1.54, 1.807) is 31.2 Å². The van der Waals surface area contributed by atoms with Gasteiger partial charge in [0, 0.05) is 10.0 Å². The Kier molecular flexibility index (Phi) is 6.60. The molecule has 1 saturated heterocycles. The van der Waals surface area contributed by atoms with Crippen molar-refractivity contribution in [2.75, 3.05) is 4.90 Å². The highest BCUT2D eigenvalue weighted by Crippen LogP contribution is 2.29. The minimum Gasteiger partial charge on any atom is -0.273 e. The Bertz CT molecular complexity index is 1360. The smallest absolute Gasteiger partial charge is 0.273 e. The van der Waals surface area contributed by atoms with Crippen molar-refractivity contribution in [1.82, 2.24) is 5.32 Å². The molecule has 4 amide bonds. The number of carbonyl (C=O) groups is 3. The van der Waals surface area contributed by atoms with E-state index in [0.29, 0.717) is 33.3 Å². The Morgan fingerprint density at radius 3 is 2.21 bits per heavy atom. The monoisotopic (exact) mass is 492 g/mol. The molecule has 34 heavy (non-hydrogen) atoms. The number of anilines is 1. The third-order valence-corrected chi connectivity index (χ3v) is 6.07. The Balaban J connectivity index is 1.77. The fourth-order valence-corrected chi connectivity index (χ4v) is 4.45. The molecule has 1 aliphatic rings. The number of halogens is 2. The molecule has 0 unspecified atom stereocenters. The first-order valence-electron chi connectivity index (χ1n) is 10.7. The maximum absolute atomic E-state index is 13.4. The first-order chi connectivity index (χ1) is 16.1. The molecule has 0 radical (unpaired) electrons. The van der Waals surface area contributed by atoms with Crippen LogP contribution in [-0.2, 0) is 16.0 Å². The number of hydrogen-bond donors (Lipinski definition) is 1. The van der Waals surface area contributed by atoms with Crippen LogP contribution in [0.1, 0.15) is 33.4 Å². The van der Waals surface area contributed by atoms with Gasteiger partial charge in [-0.05, 0) is 79.8 Å². The number of aryl methyl sites for hydroxylation is 3. The summed E-state index contributed by atoms with van der Waals surface area (Å²) in [4.78, 5) is 39.6. The minimum absolute atomic E-state index is 0.164. The van der Waals surface area contributed by atoms with E-state index in [1.807, 2.05) is 19.9 Å². The molecule has 0 aromatic heterocycles. The fourth-order valence-electron chi connectivity index (χ4n) is 4.11. The predicted molar refractivity (Wildman–Crippen MR) is 135 cm³/mol. The van der Waals surface area contributed by atoms with Crippen LogP contribution in [0.5, 0.6) is 0 Å². The minimum atomic E-state index is -0.820. The average molecular weight is 493 g/mol. The highest BCUT2D eigenvalue weighted by molar-refractivity contribution is 6.40. The number of carbonyl (C=O) groups excluding carboxylic acids is 3. The van der Waals surface area contributed by atoms with Gasteiger partial charge in [-0.15, -0.1) is 0 Å². The van der Waals surface area contributed by atoms with Crippen LogP contribution in [0.3, 0.4) is 0 Å². The summed E-state index contributed by atoms with van der Waals surface area (Å²) in [5, 5.41) is 3.10. The number of hydrogen-bond acceptors (Lipinski definition) is 3. The average Bonchev–Trinajstić information content (AvgIpc) is 2.74. The van der Waals surface area contributed by atoms with E-state index < -0.39 is 17.8 Å². The normalized spacial score (nSPS) is 15.1. The molecule has 3 aromatic carbocycles. The highest BCUT2D eigenvalue weighted by atomic mass is 35.5. The third-order valence-electron chi connectivity index (χ3n) is 5.60. The molecule has 4 rings (SSSR count). The number of barbiturate groups is 1. The SMILES string of the molecule is Cc1cc(C)cc(Cc2ccc(Cl)cc2/C=C2\C(=O)NC(=O)N(c3cc(Cl)ccc3C)C2=O)c1. The van der Waals surface area contributed by atoms with E-state index in [-0.39, 0.29) is 5.57 Å². The van der Waals surface area contributed by atoms with Crippen molar-refractivity contribution >= 4 is 52.8 Å². The van der Waals surface area contributed by atoms with Crippen molar-refractivity contribution in [3.8, 4) is 0 Å². The van der Waals surface area contributed by atoms with E-state index in [9.17, 15) is 14.4 Å². The quantitative estimate of drug-likeness (QED) is 0.349. The molecule has 3 aromatic rings. The molecule has 1 aliphatic heterocycles. The third kappa shape index (κ3) is 4.91. The zero-order valence-corrected chi connectivity index (χ0v) is 20.4. The molecular weight excluding hydrogens is 471 g/mol. The van der Waals surface area contributed by atoms with Gasteiger partial charge in [-0.1, -0.05) is 64.7 Å². The van der Waals surface area contributed by atoms with Gasteiger partial charge in [-0.3, -0.25) is 14.9 Å². The summed E-state index contributed by atoms with van der Waals surface area (Å²) in [7, 11) is 0. The second-order valence-corrected chi connectivity index (χ2v) is 9.28. The number of amides is 4. The zero-order valence-electron chi connectivity index (χ0n) is 18.9. The maximum atomic E-state index is 13.4. The first kappa shape index (κ1) is 23.7. The lowest BCUT2D eigenvalue weighted by molar-refractivity contribution is -0.122. The Morgan fingerprint density at radius 1 is 0.853 bits per heavy atom. The van der Waals surface area contributed by atoms with Crippen molar-refractivity contribution in [2.45, 2.75) is 27.2 Å². The van der Waals surface area contributed by atoms with E-state index in [0.717, 1.165) is 27.2 Å². The lowest BCUT2D eigenvalue weighted by Crippen LogP contribution is -2.54. The molecule has 0 saturated carbocycles. The standard InChI is InChI=1S/C27H22Cl2N2O3/c1-15-8-16(2)10-18(9-15)11-19-5-7-21(28)12-20(19)13-23-25(32)30-27(34)31(26(23)33)24-14-22(29)6-4-17(24)3/h4-10,12-14H,11H2,1-3H3,(H,30,32,34)/b23-13+. The predicted octanol–water partition coefficient (Wildman–Crippen LogP) is 6.18. The Morgan fingerprint density at radius 2 is 1.50 bits per heavy atom. The number of urea groups is 1. The number of nitrogens with zero attached hydrogens (tertiary/aromatic N) is 1. The van der Waals surface area contributed by atoms with Crippen LogP contribution >= 0.6 is 23.2 Å². The van der Waals surface area contributed by atoms with Crippen molar-refractivity contribution in [3.63, 3.8) is 0 Å². The Labute approximate surface area is 208 Å². The second kappa shape index (κ2) is 9.45. The van der Waals surface area contributed by atoms with Crippen LogP contribution in [-0.4, -0.2) is 17.8 Å². The van der Waals surface area contributed by atoms with Gasteiger partial charge in [0.05, 0.1) is 5.69 Å². The van der Waals surface area contributed by atoms with Crippen molar-refractivity contribution in [1.29, 1.82) is 0 Å². The summed E-state index contributed by atoms with van der Waals surface area (Å²) in [6, 6.07) is 15.7. The van der Waals surface area contributed by atoms with Crippen LogP contribution in [0.25, 0.3) is 6.08 Å². The fraction of sp³-hybridized carbons (Fsp3) is 0.148. The topological polar surface area (TPSA) is 66.5 Å². The van der Waals surface area contributed by atoms with Crippen LogP contribution < -0.4 is 10.2 Å². The van der Waals surface area contributed by atoms with Crippen LogP contribution in [0.15, 0.2) is 60.2 Å². The van der Waals surface area contributed by atoms with Crippen LogP contribution in [0.4, 0.5) is 10.5 Å². The molecular formula is C27H22Cl2N2O3. The summed E-state index contributed by atoms with van der Waals surface area (Å²) in [5.74, 6) is -1.49.